The third-order valence-electron chi connectivity index (χ3n) is 4.31. The molecule has 1 unspecified atom stereocenters. The Labute approximate surface area is 117 Å². The maximum atomic E-state index is 13.4. The Morgan fingerprint density at radius 3 is 3.10 bits per heavy atom. The first-order valence-electron chi connectivity index (χ1n) is 6.96. The third-order valence-corrected chi connectivity index (χ3v) is 4.31. The molecular formula is C15H19FN2O2. The molecule has 20 heavy (non-hydrogen) atoms. The van der Waals surface area contributed by atoms with Gasteiger partial charge in [-0.25, -0.2) is 4.39 Å². The van der Waals surface area contributed by atoms with Crippen molar-refractivity contribution in [1.29, 1.82) is 0 Å². The number of ether oxygens (including phenoxy) is 1. The first-order chi connectivity index (χ1) is 9.66. The van der Waals surface area contributed by atoms with E-state index >= 15 is 0 Å². The predicted octanol–water partition coefficient (Wildman–Crippen LogP) is 1.34. The number of halogens is 1. The number of benzene rings is 1. The van der Waals surface area contributed by atoms with E-state index in [4.69, 9.17) is 4.74 Å². The van der Waals surface area contributed by atoms with E-state index in [-0.39, 0.29) is 11.7 Å². The smallest absolute Gasteiger partial charge is 0.236 e. The minimum atomic E-state index is -0.511. The van der Waals surface area contributed by atoms with Crippen LogP contribution in [0.4, 0.5) is 10.1 Å². The van der Waals surface area contributed by atoms with Crippen LogP contribution < -0.4 is 10.2 Å². The highest BCUT2D eigenvalue weighted by atomic mass is 19.1. The molecule has 108 valence electrons. The molecule has 1 N–H and O–H groups in total. The lowest BCUT2D eigenvalue weighted by molar-refractivity contribution is -0.130. The summed E-state index contributed by atoms with van der Waals surface area (Å²) in [6, 6.07) is 4.69. The molecule has 0 radical (unpaired) electrons. The molecule has 2 heterocycles. The van der Waals surface area contributed by atoms with Crippen molar-refractivity contribution in [3.8, 4) is 0 Å². The van der Waals surface area contributed by atoms with E-state index in [1.165, 1.54) is 12.1 Å². The van der Waals surface area contributed by atoms with Crippen LogP contribution in [0.15, 0.2) is 18.2 Å². The van der Waals surface area contributed by atoms with Crippen LogP contribution in [0.5, 0.6) is 0 Å². The fourth-order valence-electron chi connectivity index (χ4n) is 3.24. The normalized spacial score (nSPS) is 25.0. The summed E-state index contributed by atoms with van der Waals surface area (Å²) in [6.07, 6.45) is 1.55. The summed E-state index contributed by atoms with van der Waals surface area (Å²) in [5.74, 6) is -0.248. The highest BCUT2D eigenvalue weighted by Crippen LogP contribution is 2.35. The van der Waals surface area contributed by atoms with Crippen LogP contribution in [0.2, 0.25) is 0 Å². The van der Waals surface area contributed by atoms with Crippen molar-refractivity contribution in [2.45, 2.75) is 12.8 Å². The standard InChI is InChI=1S/C15H19FN2O2/c1-20-10-15(5-6-17-9-15)14(19)18-7-4-11-2-3-12(16)8-13(11)18/h2-3,8,17H,4-7,9-10H2,1H3. The van der Waals surface area contributed by atoms with Crippen molar-refractivity contribution in [2.24, 2.45) is 5.41 Å². The van der Waals surface area contributed by atoms with Crippen LogP contribution in [0.3, 0.4) is 0 Å². The predicted molar refractivity (Wildman–Crippen MR) is 74.3 cm³/mol. The summed E-state index contributed by atoms with van der Waals surface area (Å²) in [5.41, 5.74) is 1.25. The van der Waals surface area contributed by atoms with Crippen molar-refractivity contribution in [3.63, 3.8) is 0 Å². The SMILES string of the molecule is COCC1(C(=O)N2CCc3ccc(F)cc32)CCNC1. The van der Waals surface area contributed by atoms with E-state index < -0.39 is 5.41 Å². The fraction of sp³-hybridized carbons (Fsp3) is 0.533. The Morgan fingerprint density at radius 2 is 2.40 bits per heavy atom. The van der Waals surface area contributed by atoms with Gasteiger partial charge in [-0.15, -0.1) is 0 Å². The molecule has 2 aliphatic rings. The van der Waals surface area contributed by atoms with Gasteiger partial charge in [0, 0.05) is 25.9 Å². The van der Waals surface area contributed by atoms with E-state index in [0.717, 1.165) is 30.6 Å². The van der Waals surface area contributed by atoms with Crippen molar-refractivity contribution in [2.75, 3.05) is 38.3 Å². The molecule has 1 amide bonds. The lowest BCUT2D eigenvalue weighted by Gasteiger charge is -2.31. The summed E-state index contributed by atoms with van der Waals surface area (Å²) in [7, 11) is 1.62. The van der Waals surface area contributed by atoms with Crippen LogP contribution in [-0.4, -0.2) is 39.3 Å². The number of amides is 1. The Balaban J connectivity index is 1.91. The zero-order valence-electron chi connectivity index (χ0n) is 11.6. The molecule has 0 aliphatic carbocycles. The van der Waals surface area contributed by atoms with Crippen LogP contribution in [0.25, 0.3) is 0 Å². The zero-order valence-corrected chi connectivity index (χ0v) is 11.6. The number of nitrogens with zero attached hydrogens (tertiary/aromatic N) is 1. The lowest BCUT2D eigenvalue weighted by Crippen LogP contribution is -2.47. The van der Waals surface area contributed by atoms with Gasteiger partial charge in [0.2, 0.25) is 5.91 Å². The van der Waals surface area contributed by atoms with Gasteiger partial charge in [-0.1, -0.05) is 6.07 Å². The molecule has 5 heteroatoms. The minimum absolute atomic E-state index is 0.0497. The largest absolute Gasteiger partial charge is 0.384 e. The highest BCUT2D eigenvalue weighted by Gasteiger charge is 2.45. The molecule has 1 fully saturated rings. The Kier molecular flexibility index (Phi) is 3.48. The third kappa shape index (κ3) is 2.11. The second-order valence-corrected chi connectivity index (χ2v) is 5.62. The van der Waals surface area contributed by atoms with Gasteiger partial charge >= 0.3 is 0 Å². The van der Waals surface area contributed by atoms with E-state index in [9.17, 15) is 9.18 Å². The Hall–Kier alpha value is -1.46. The zero-order chi connectivity index (χ0) is 14.2. The van der Waals surface area contributed by atoms with Gasteiger partial charge in [-0.05, 0) is 37.1 Å². The number of hydrogen-bond donors (Lipinski definition) is 1. The average molecular weight is 278 g/mol. The van der Waals surface area contributed by atoms with E-state index in [2.05, 4.69) is 5.32 Å². The van der Waals surface area contributed by atoms with Crippen molar-refractivity contribution < 1.29 is 13.9 Å². The van der Waals surface area contributed by atoms with Crippen LogP contribution >= 0.6 is 0 Å². The molecular weight excluding hydrogens is 259 g/mol. The summed E-state index contributed by atoms with van der Waals surface area (Å²) in [4.78, 5) is 14.6. The monoisotopic (exact) mass is 278 g/mol. The molecule has 0 aromatic heterocycles. The molecule has 0 spiro atoms. The molecule has 0 saturated carbocycles. The molecule has 3 rings (SSSR count). The van der Waals surface area contributed by atoms with Gasteiger partial charge in [-0.2, -0.15) is 0 Å². The van der Waals surface area contributed by atoms with Gasteiger partial charge in [-0.3, -0.25) is 4.79 Å². The molecule has 0 bridgehead atoms. The maximum absolute atomic E-state index is 13.4. The number of carbonyl (C=O) groups excluding carboxylic acids is 1. The Morgan fingerprint density at radius 1 is 1.55 bits per heavy atom. The first-order valence-corrected chi connectivity index (χ1v) is 6.96. The highest BCUT2D eigenvalue weighted by molar-refractivity contribution is 5.99. The fourth-order valence-corrected chi connectivity index (χ4v) is 3.24. The van der Waals surface area contributed by atoms with Crippen LogP contribution in [-0.2, 0) is 16.0 Å². The summed E-state index contributed by atoms with van der Waals surface area (Å²) in [5, 5.41) is 3.24. The molecule has 1 atom stereocenters. The van der Waals surface area contributed by atoms with E-state index in [1.807, 2.05) is 0 Å². The molecule has 1 aromatic carbocycles. The lowest BCUT2D eigenvalue weighted by atomic mass is 9.86. The molecule has 2 aliphatic heterocycles. The maximum Gasteiger partial charge on any atom is 0.236 e. The van der Waals surface area contributed by atoms with Gasteiger partial charge in [0.1, 0.15) is 5.82 Å². The molecule has 4 nitrogen and oxygen atoms in total. The van der Waals surface area contributed by atoms with Gasteiger partial charge in [0.05, 0.1) is 12.0 Å². The number of hydrogen-bond acceptors (Lipinski definition) is 3. The first kappa shape index (κ1) is 13.5. The van der Waals surface area contributed by atoms with Crippen molar-refractivity contribution in [3.05, 3.63) is 29.6 Å². The van der Waals surface area contributed by atoms with Gasteiger partial charge in [0.25, 0.3) is 0 Å². The summed E-state index contributed by atoms with van der Waals surface area (Å²) in [6.45, 7) is 2.48. The van der Waals surface area contributed by atoms with E-state index in [0.29, 0.717) is 19.7 Å². The van der Waals surface area contributed by atoms with Gasteiger partial charge in [0.15, 0.2) is 0 Å². The number of nitrogens with one attached hydrogen (secondary N) is 1. The topological polar surface area (TPSA) is 41.6 Å². The number of methoxy groups -OCH3 is 1. The quantitative estimate of drug-likeness (QED) is 0.907. The number of anilines is 1. The van der Waals surface area contributed by atoms with Crippen molar-refractivity contribution >= 4 is 11.6 Å². The minimum Gasteiger partial charge on any atom is -0.384 e. The summed E-state index contributed by atoms with van der Waals surface area (Å²) >= 11 is 0. The number of carbonyl (C=O) groups is 1. The Bertz CT molecular complexity index is 527. The van der Waals surface area contributed by atoms with Crippen LogP contribution in [0, 0.1) is 11.2 Å². The average Bonchev–Trinajstić information content (AvgIpc) is 3.05. The van der Waals surface area contributed by atoms with Crippen LogP contribution in [0.1, 0.15) is 12.0 Å². The van der Waals surface area contributed by atoms with E-state index in [1.54, 1.807) is 18.1 Å². The molecule has 1 saturated heterocycles. The molecule has 1 aromatic rings. The number of fused-ring (bicyclic) bond motifs is 1. The van der Waals surface area contributed by atoms with Crippen molar-refractivity contribution in [1.82, 2.24) is 5.32 Å². The number of rotatable bonds is 3. The second-order valence-electron chi connectivity index (χ2n) is 5.62. The summed E-state index contributed by atoms with van der Waals surface area (Å²) < 4.78 is 18.7. The van der Waals surface area contributed by atoms with Gasteiger partial charge < -0.3 is 15.0 Å². The second kappa shape index (κ2) is 5.14.